The third-order valence-corrected chi connectivity index (χ3v) is 8.54. The number of carbonyl (C=O) groups is 1. The quantitative estimate of drug-likeness (QED) is 0.116. The second kappa shape index (κ2) is 12.3. The molecule has 1 unspecified atom stereocenters. The van der Waals surface area contributed by atoms with E-state index in [1.807, 2.05) is 54.6 Å². The third-order valence-electron chi connectivity index (χ3n) is 7.56. The molecule has 0 saturated carbocycles. The monoisotopic (exact) mass is 619 g/mol. The Bertz CT molecular complexity index is 2120. The maximum atomic E-state index is 14.1. The lowest BCUT2D eigenvalue weighted by atomic mass is 9.91. The van der Waals surface area contributed by atoms with Crippen LogP contribution in [0.5, 0.6) is 0 Å². The number of benzene rings is 3. The summed E-state index contributed by atoms with van der Waals surface area (Å²) < 4.78 is 13.4. The first-order valence-corrected chi connectivity index (χ1v) is 15.3. The van der Waals surface area contributed by atoms with Crippen molar-refractivity contribution in [3.63, 3.8) is 0 Å². The number of nitro benzene ring substituents is 1. The van der Waals surface area contributed by atoms with Crippen molar-refractivity contribution in [2.24, 2.45) is 4.99 Å². The number of fused-ring (bicyclic) bond motifs is 1. The Balaban J connectivity index is 1.55. The highest BCUT2D eigenvalue weighted by Gasteiger charge is 2.35. The lowest BCUT2D eigenvalue weighted by Crippen LogP contribution is -2.40. The van der Waals surface area contributed by atoms with Gasteiger partial charge in [0.1, 0.15) is 11.5 Å². The number of nitro groups is 1. The number of carbonyl (C=O) groups excluding carboxylic acids is 1. The number of rotatable bonds is 8. The van der Waals surface area contributed by atoms with E-state index in [1.54, 1.807) is 43.3 Å². The minimum atomic E-state index is -0.794. The van der Waals surface area contributed by atoms with Gasteiger partial charge in [0.15, 0.2) is 4.80 Å². The van der Waals surface area contributed by atoms with Crippen LogP contribution >= 0.6 is 11.3 Å². The van der Waals surface area contributed by atoms with Gasteiger partial charge in [-0.05, 0) is 42.2 Å². The highest BCUT2D eigenvalue weighted by Crippen LogP contribution is 2.36. The number of para-hydroxylation sites is 1. The highest BCUT2D eigenvalue weighted by molar-refractivity contribution is 7.07. The highest BCUT2D eigenvalue weighted by atomic mass is 32.1. The van der Waals surface area contributed by atoms with Crippen LogP contribution in [0.25, 0.3) is 23.1 Å². The zero-order valence-corrected chi connectivity index (χ0v) is 25.6. The van der Waals surface area contributed by atoms with Crippen LogP contribution in [0.3, 0.4) is 0 Å². The summed E-state index contributed by atoms with van der Waals surface area (Å²) in [5, 5.41) is 11.6. The van der Waals surface area contributed by atoms with Crippen molar-refractivity contribution in [2.75, 3.05) is 6.61 Å². The summed E-state index contributed by atoms with van der Waals surface area (Å²) in [6, 6.07) is 26.1. The first-order valence-electron chi connectivity index (χ1n) is 14.5. The molecular weight excluding hydrogens is 590 g/mol. The van der Waals surface area contributed by atoms with Crippen molar-refractivity contribution in [3.05, 3.63) is 149 Å². The number of nitrogens with zero attached hydrogens (tertiary/aromatic N) is 3. The summed E-state index contributed by atoms with van der Waals surface area (Å²) in [4.78, 5) is 44.2. The molecule has 3 aromatic carbocycles. The van der Waals surface area contributed by atoms with Crippen molar-refractivity contribution in [1.82, 2.24) is 4.57 Å². The fraction of sp³-hybridized carbons (Fsp3) is 0.171. The zero-order chi connectivity index (χ0) is 31.7. The molecule has 0 amide bonds. The fourth-order valence-corrected chi connectivity index (χ4v) is 6.35. The summed E-state index contributed by atoms with van der Waals surface area (Å²) >= 11 is 1.18. The zero-order valence-electron chi connectivity index (χ0n) is 24.8. The van der Waals surface area contributed by atoms with Crippen molar-refractivity contribution < 1.29 is 18.9 Å². The minimum absolute atomic E-state index is 0.0822. The normalized spacial score (nSPS) is 14.8. The lowest BCUT2D eigenvalue weighted by Gasteiger charge is -2.26. The lowest BCUT2D eigenvalue weighted by molar-refractivity contribution is -0.384. The molecule has 0 bridgehead atoms. The topological polar surface area (TPSA) is 117 Å². The van der Waals surface area contributed by atoms with E-state index in [0.717, 1.165) is 16.7 Å². The average Bonchev–Trinajstić information content (AvgIpc) is 3.64. The number of thiazole rings is 1. The van der Waals surface area contributed by atoms with Crippen molar-refractivity contribution >= 4 is 34.8 Å². The second-order valence-electron chi connectivity index (χ2n) is 10.7. The summed E-state index contributed by atoms with van der Waals surface area (Å²) in [5.74, 6) is 0.406. The predicted molar refractivity (Wildman–Crippen MR) is 172 cm³/mol. The molecule has 0 N–H and O–H groups in total. The SMILES string of the molecule is CCOC(=O)C1=C(c2ccccc2)N=c2s/c(=C\c3ccc(-c4ccccc4[N+](=O)[O-])o3)c(=O)n2C1c1ccc(C(C)C)cc1. The van der Waals surface area contributed by atoms with Crippen LogP contribution in [0.4, 0.5) is 5.69 Å². The number of hydrogen-bond donors (Lipinski definition) is 0. The van der Waals surface area contributed by atoms with Gasteiger partial charge in [0.05, 0.1) is 38.9 Å². The van der Waals surface area contributed by atoms with Crippen LogP contribution in [-0.4, -0.2) is 22.1 Å². The number of furan rings is 1. The Hall–Kier alpha value is -5.35. The molecule has 1 aliphatic rings. The molecule has 2 aromatic heterocycles. The van der Waals surface area contributed by atoms with E-state index < -0.39 is 16.9 Å². The molecular formula is C35H29N3O6S. The summed E-state index contributed by atoms with van der Waals surface area (Å²) in [6.07, 6.45) is 1.59. The van der Waals surface area contributed by atoms with Gasteiger partial charge in [-0.2, -0.15) is 0 Å². The Morgan fingerprint density at radius 1 is 1.04 bits per heavy atom. The largest absolute Gasteiger partial charge is 0.463 e. The summed E-state index contributed by atoms with van der Waals surface area (Å²) in [7, 11) is 0. The van der Waals surface area contributed by atoms with E-state index in [4.69, 9.17) is 14.1 Å². The van der Waals surface area contributed by atoms with Gasteiger partial charge in [-0.25, -0.2) is 9.79 Å². The van der Waals surface area contributed by atoms with E-state index in [9.17, 15) is 19.7 Å². The average molecular weight is 620 g/mol. The van der Waals surface area contributed by atoms with Gasteiger partial charge in [-0.3, -0.25) is 19.5 Å². The summed E-state index contributed by atoms with van der Waals surface area (Å²) in [5.41, 5.74) is 3.21. The molecule has 1 aliphatic heterocycles. The van der Waals surface area contributed by atoms with Crippen molar-refractivity contribution in [2.45, 2.75) is 32.7 Å². The second-order valence-corrected chi connectivity index (χ2v) is 11.7. The smallest absolute Gasteiger partial charge is 0.338 e. The Kier molecular flexibility index (Phi) is 8.14. The van der Waals surface area contributed by atoms with Crippen LogP contribution in [0.1, 0.15) is 55.2 Å². The molecule has 6 rings (SSSR count). The number of ether oxygens (including phenoxy) is 1. The Morgan fingerprint density at radius 3 is 2.44 bits per heavy atom. The van der Waals surface area contributed by atoms with Crippen LogP contribution in [0, 0.1) is 10.1 Å². The first-order chi connectivity index (χ1) is 21.8. The number of aromatic nitrogens is 1. The Morgan fingerprint density at radius 2 is 1.76 bits per heavy atom. The molecule has 45 heavy (non-hydrogen) atoms. The Labute approximate surface area is 262 Å². The number of esters is 1. The van der Waals surface area contributed by atoms with Gasteiger partial charge in [-0.1, -0.05) is 91.9 Å². The number of hydrogen-bond acceptors (Lipinski definition) is 8. The molecule has 0 spiro atoms. The van der Waals surface area contributed by atoms with Crippen LogP contribution in [0.15, 0.2) is 111 Å². The predicted octanol–water partition coefficient (Wildman–Crippen LogP) is 6.23. The molecule has 3 heterocycles. The van der Waals surface area contributed by atoms with Gasteiger partial charge in [-0.15, -0.1) is 0 Å². The van der Waals surface area contributed by atoms with E-state index >= 15 is 0 Å². The van der Waals surface area contributed by atoms with E-state index in [1.165, 1.54) is 22.0 Å². The molecule has 0 fully saturated rings. The van der Waals surface area contributed by atoms with Gasteiger partial charge in [0.25, 0.3) is 11.2 Å². The van der Waals surface area contributed by atoms with Gasteiger partial charge < -0.3 is 9.15 Å². The fourth-order valence-electron chi connectivity index (χ4n) is 5.36. The third kappa shape index (κ3) is 5.67. The molecule has 0 aliphatic carbocycles. The molecule has 0 radical (unpaired) electrons. The van der Waals surface area contributed by atoms with Gasteiger partial charge in [0, 0.05) is 17.7 Å². The molecule has 1 atom stereocenters. The van der Waals surface area contributed by atoms with Crippen molar-refractivity contribution in [3.8, 4) is 11.3 Å². The first kappa shape index (κ1) is 29.7. The molecule has 9 nitrogen and oxygen atoms in total. The molecule has 0 saturated heterocycles. The molecule has 5 aromatic rings. The minimum Gasteiger partial charge on any atom is -0.463 e. The van der Waals surface area contributed by atoms with E-state index in [-0.39, 0.29) is 23.4 Å². The maximum Gasteiger partial charge on any atom is 0.338 e. The standard InChI is InChI=1S/C35H29N3O6S/c1-4-43-34(40)30-31(23-10-6-5-7-11-23)36-35-37(32(30)24-16-14-22(15-17-24)21(2)3)33(39)29(45-35)20-25-18-19-28(44-25)26-12-8-9-13-27(26)38(41)42/h5-21,32H,4H2,1-3H3/b29-20-. The molecule has 10 heteroatoms. The van der Waals surface area contributed by atoms with Crippen molar-refractivity contribution in [1.29, 1.82) is 0 Å². The van der Waals surface area contributed by atoms with Crippen LogP contribution in [0.2, 0.25) is 0 Å². The van der Waals surface area contributed by atoms with Crippen LogP contribution in [-0.2, 0) is 9.53 Å². The maximum absolute atomic E-state index is 14.1. The summed E-state index contributed by atoms with van der Waals surface area (Å²) in [6.45, 7) is 6.11. The van der Waals surface area contributed by atoms with Gasteiger partial charge in [0.2, 0.25) is 0 Å². The van der Waals surface area contributed by atoms with E-state index in [2.05, 4.69) is 13.8 Å². The van der Waals surface area contributed by atoms with Crippen LogP contribution < -0.4 is 14.9 Å². The van der Waals surface area contributed by atoms with E-state index in [0.29, 0.717) is 38.0 Å². The molecule has 226 valence electrons. The van der Waals surface area contributed by atoms with Gasteiger partial charge >= 0.3 is 5.97 Å².